The predicted octanol–water partition coefficient (Wildman–Crippen LogP) is 1.22. The fraction of sp³-hybridized carbons (Fsp3) is 0.533. The van der Waals surface area contributed by atoms with Crippen LogP contribution < -0.4 is 10.5 Å². The van der Waals surface area contributed by atoms with Crippen LogP contribution in [0.25, 0.3) is 0 Å². The summed E-state index contributed by atoms with van der Waals surface area (Å²) in [6.07, 6.45) is 0.952. The number of ether oxygens (including phenoxy) is 1. The molecule has 1 aromatic carbocycles. The number of carbonyl (C=O) groups excluding carboxylic acids is 1. The summed E-state index contributed by atoms with van der Waals surface area (Å²) >= 11 is 0. The van der Waals surface area contributed by atoms with E-state index in [-0.39, 0.29) is 23.1 Å². The minimum atomic E-state index is -3.70. The first-order valence-electron chi connectivity index (χ1n) is 7.61. The van der Waals surface area contributed by atoms with Crippen molar-refractivity contribution in [2.24, 2.45) is 5.14 Å². The summed E-state index contributed by atoms with van der Waals surface area (Å²) in [6, 6.07) is 5.80. The summed E-state index contributed by atoms with van der Waals surface area (Å²) in [5.74, 6) is 0. The molecule has 8 heteroatoms. The van der Waals surface area contributed by atoms with Crippen LogP contribution in [0, 0.1) is 0 Å². The van der Waals surface area contributed by atoms with Crippen LogP contribution in [0.2, 0.25) is 0 Å². The van der Waals surface area contributed by atoms with Gasteiger partial charge in [-0.15, -0.1) is 0 Å². The molecule has 1 aliphatic heterocycles. The second-order valence-electron chi connectivity index (χ2n) is 5.63. The van der Waals surface area contributed by atoms with Crippen LogP contribution in [-0.4, -0.2) is 45.1 Å². The molecule has 1 aromatic rings. The SMILES string of the molecule is CCC1CN(C(=O)NC(C)c2ccc(S(N)(=O)=O)cc2)CCO1. The van der Waals surface area contributed by atoms with Gasteiger partial charge in [0.1, 0.15) is 0 Å². The molecule has 2 amide bonds. The molecule has 1 saturated heterocycles. The van der Waals surface area contributed by atoms with Crippen molar-refractivity contribution in [2.45, 2.75) is 37.3 Å². The number of hydrogen-bond donors (Lipinski definition) is 2. The smallest absolute Gasteiger partial charge is 0.318 e. The number of carbonyl (C=O) groups is 1. The van der Waals surface area contributed by atoms with Crippen molar-refractivity contribution >= 4 is 16.1 Å². The van der Waals surface area contributed by atoms with E-state index in [4.69, 9.17) is 9.88 Å². The molecule has 3 N–H and O–H groups in total. The van der Waals surface area contributed by atoms with Gasteiger partial charge in [-0.2, -0.15) is 0 Å². The second kappa shape index (κ2) is 7.29. The van der Waals surface area contributed by atoms with Crippen molar-refractivity contribution < 1.29 is 17.9 Å². The zero-order valence-electron chi connectivity index (χ0n) is 13.4. The van der Waals surface area contributed by atoms with Crippen molar-refractivity contribution in [1.29, 1.82) is 0 Å². The molecular weight excluding hydrogens is 318 g/mol. The van der Waals surface area contributed by atoms with Gasteiger partial charge in [0.05, 0.1) is 23.6 Å². The highest BCUT2D eigenvalue weighted by Gasteiger charge is 2.24. The number of sulfonamides is 1. The Labute approximate surface area is 136 Å². The molecule has 23 heavy (non-hydrogen) atoms. The van der Waals surface area contributed by atoms with Gasteiger partial charge < -0.3 is 15.0 Å². The van der Waals surface area contributed by atoms with Gasteiger partial charge in [-0.1, -0.05) is 19.1 Å². The van der Waals surface area contributed by atoms with E-state index in [2.05, 4.69) is 5.32 Å². The fourth-order valence-electron chi connectivity index (χ4n) is 2.46. The van der Waals surface area contributed by atoms with Crippen molar-refractivity contribution in [3.05, 3.63) is 29.8 Å². The maximum Gasteiger partial charge on any atom is 0.318 e. The first-order chi connectivity index (χ1) is 10.8. The first kappa shape index (κ1) is 17.7. The molecule has 0 saturated carbocycles. The van der Waals surface area contributed by atoms with Crippen LogP contribution in [0.4, 0.5) is 4.79 Å². The standard InChI is InChI=1S/C15H23N3O4S/c1-3-13-10-18(8-9-22-13)15(19)17-11(2)12-4-6-14(7-5-12)23(16,20)21/h4-7,11,13H,3,8-10H2,1-2H3,(H,17,19)(H2,16,20,21). The molecule has 1 fully saturated rings. The van der Waals surface area contributed by atoms with Gasteiger partial charge >= 0.3 is 6.03 Å². The largest absolute Gasteiger partial charge is 0.375 e. The maximum absolute atomic E-state index is 12.3. The van der Waals surface area contributed by atoms with Crippen molar-refractivity contribution in [3.63, 3.8) is 0 Å². The number of hydrogen-bond acceptors (Lipinski definition) is 4. The lowest BCUT2D eigenvalue weighted by Crippen LogP contribution is -2.49. The molecule has 1 heterocycles. The van der Waals surface area contributed by atoms with Gasteiger partial charge in [-0.3, -0.25) is 0 Å². The van der Waals surface area contributed by atoms with E-state index in [1.165, 1.54) is 12.1 Å². The van der Waals surface area contributed by atoms with Gasteiger partial charge in [0, 0.05) is 13.1 Å². The van der Waals surface area contributed by atoms with Gasteiger partial charge in [0.25, 0.3) is 0 Å². The first-order valence-corrected chi connectivity index (χ1v) is 9.15. The van der Waals surface area contributed by atoms with E-state index < -0.39 is 10.0 Å². The van der Waals surface area contributed by atoms with Crippen LogP contribution in [0.5, 0.6) is 0 Å². The average Bonchev–Trinajstić information content (AvgIpc) is 2.54. The van der Waals surface area contributed by atoms with Crippen LogP contribution in [0.1, 0.15) is 31.9 Å². The Balaban J connectivity index is 1.98. The van der Waals surface area contributed by atoms with Crippen LogP contribution >= 0.6 is 0 Å². The van der Waals surface area contributed by atoms with E-state index in [1.54, 1.807) is 17.0 Å². The van der Waals surface area contributed by atoms with Crippen molar-refractivity contribution in [3.8, 4) is 0 Å². The Kier molecular flexibility index (Phi) is 5.61. The minimum Gasteiger partial charge on any atom is -0.375 e. The predicted molar refractivity (Wildman–Crippen MR) is 86.4 cm³/mol. The zero-order valence-corrected chi connectivity index (χ0v) is 14.2. The molecule has 0 bridgehead atoms. The number of nitrogens with two attached hydrogens (primary N) is 1. The van der Waals surface area contributed by atoms with E-state index >= 15 is 0 Å². The number of amides is 2. The molecule has 1 aliphatic rings. The molecule has 7 nitrogen and oxygen atoms in total. The van der Waals surface area contributed by atoms with Gasteiger partial charge in [-0.25, -0.2) is 18.4 Å². The number of urea groups is 1. The molecule has 0 spiro atoms. The van der Waals surface area contributed by atoms with Crippen molar-refractivity contribution in [1.82, 2.24) is 10.2 Å². The van der Waals surface area contributed by atoms with Gasteiger partial charge in [-0.05, 0) is 31.0 Å². The number of rotatable bonds is 4. The normalized spacial score (nSPS) is 20.1. The molecule has 0 radical (unpaired) electrons. The number of benzene rings is 1. The van der Waals surface area contributed by atoms with Crippen LogP contribution in [0.15, 0.2) is 29.2 Å². The van der Waals surface area contributed by atoms with E-state index in [0.29, 0.717) is 19.7 Å². The third-order valence-electron chi connectivity index (χ3n) is 3.93. The summed E-state index contributed by atoms with van der Waals surface area (Å²) in [5.41, 5.74) is 0.811. The Bertz CT molecular complexity index is 645. The fourth-order valence-corrected chi connectivity index (χ4v) is 2.97. The third kappa shape index (κ3) is 4.66. The highest BCUT2D eigenvalue weighted by molar-refractivity contribution is 7.89. The lowest BCUT2D eigenvalue weighted by atomic mass is 10.1. The highest BCUT2D eigenvalue weighted by Crippen LogP contribution is 2.16. The summed E-state index contributed by atoms with van der Waals surface area (Å²) in [5, 5.41) is 7.99. The Morgan fingerprint density at radius 2 is 2.09 bits per heavy atom. The summed E-state index contributed by atoms with van der Waals surface area (Å²) < 4.78 is 28.0. The van der Waals surface area contributed by atoms with Crippen molar-refractivity contribution in [2.75, 3.05) is 19.7 Å². The van der Waals surface area contributed by atoms with Crippen LogP contribution in [0.3, 0.4) is 0 Å². The second-order valence-corrected chi connectivity index (χ2v) is 7.19. The number of morpholine rings is 1. The maximum atomic E-state index is 12.3. The lowest BCUT2D eigenvalue weighted by molar-refractivity contribution is -0.0156. The van der Waals surface area contributed by atoms with Crippen LogP contribution in [-0.2, 0) is 14.8 Å². The Morgan fingerprint density at radius 3 is 2.65 bits per heavy atom. The zero-order chi connectivity index (χ0) is 17.0. The van der Waals surface area contributed by atoms with E-state index in [0.717, 1.165) is 12.0 Å². The molecule has 2 unspecified atom stereocenters. The highest BCUT2D eigenvalue weighted by atomic mass is 32.2. The summed E-state index contributed by atoms with van der Waals surface area (Å²) in [4.78, 5) is 14.1. The Morgan fingerprint density at radius 1 is 1.43 bits per heavy atom. The molecule has 128 valence electrons. The summed E-state index contributed by atoms with van der Waals surface area (Å²) in [7, 11) is -3.70. The molecular formula is C15H23N3O4S. The molecule has 0 aliphatic carbocycles. The number of nitrogens with one attached hydrogen (secondary N) is 1. The summed E-state index contributed by atoms with van der Waals surface area (Å²) in [6.45, 7) is 5.57. The number of primary sulfonamides is 1. The van der Waals surface area contributed by atoms with E-state index in [1.807, 2.05) is 13.8 Å². The molecule has 2 rings (SSSR count). The monoisotopic (exact) mass is 341 g/mol. The van der Waals surface area contributed by atoms with E-state index in [9.17, 15) is 13.2 Å². The third-order valence-corrected chi connectivity index (χ3v) is 4.86. The number of nitrogens with zero attached hydrogens (tertiary/aromatic N) is 1. The Hall–Kier alpha value is -1.64. The topological polar surface area (TPSA) is 102 Å². The lowest BCUT2D eigenvalue weighted by Gasteiger charge is -2.33. The van der Waals surface area contributed by atoms with Gasteiger partial charge in [0.2, 0.25) is 10.0 Å². The molecule has 0 aromatic heterocycles. The average molecular weight is 341 g/mol. The minimum absolute atomic E-state index is 0.0544. The molecule has 2 atom stereocenters. The quantitative estimate of drug-likeness (QED) is 0.859. The van der Waals surface area contributed by atoms with Gasteiger partial charge in [0.15, 0.2) is 0 Å².